The van der Waals surface area contributed by atoms with Gasteiger partial charge in [0.25, 0.3) is 0 Å². The molecule has 4 aromatic carbocycles. The number of hydrogen-bond donors (Lipinski definition) is 0. The molecule has 5 heterocycles. The van der Waals surface area contributed by atoms with Crippen LogP contribution in [0.15, 0.2) is 97.2 Å². The van der Waals surface area contributed by atoms with Crippen molar-refractivity contribution in [2.45, 2.75) is 60.8 Å². The Hall–Kier alpha value is -5.32. The number of fused-ring (bicyclic) bond motifs is 6. The molecule has 0 N–H and O–H groups in total. The summed E-state index contributed by atoms with van der Waals surface area (Å²) in [5, 5.41) is 13.9. The Kier molecular flexibility index (Phi) is 8.31. The van der Waals surface area contributed by atoms with Gasteiger partial charge < -0.3 is 19.3 Å². The van der Waals surface area contributed by atoms with Crippen LogP contribution in [-0.2, 0) is 26.5 Å². The maximum Gasteiger partial charge on any atom is 2.00 e. The van der Waals surface area contributed by atoms with Gasteiger partial charge in [-0.1, -0.05) is 74.1 Å². The van der Waals surface area contributed by atoms with Crippen LogP contribution in [0, 0.1) is 40.7 Å². The Bertz CT molecular complexity index is 2870. The molecule has 9 rings (SSSR count). The van der Waals surface area contributed by atoms with Crippen molar-refractivity contribution in [2.24, 2.45) is 0 Å². The van der Waals surface area contributed by atoms with Crippen LogP contribution in [0.25, 0.3) is 77.9 Å². The van der Waals surface area contributed by atoms with Crippen LogP contribution in [0.1, 0.15) is 54.2 Å². The Labute approximate surface area is 324 Å². The number of hydrogen-bond acceptors (Lipinski definition) is 3. The van der Waals surface area contributed by atoms with Gasteiger partial charge in [-0.2, -0.15) is 6.07 Å². The third kappa shape index (κ3) is 5.37. The molecule has 0 bridgehead atoms. The molecule has 7 heteroatoms. The summed E-state index contributed by atoms with van der Waals surface area (Å²) in [6, 6.07) is 35.9. The van der Waals surface area contributed by atoms with Gasteiger partial charge in [-0.05, 0) is 121 Å². The molecule has 0 aliphatic rings. The van der Waals surface area contributed by atoms with Crippen molar-refractivity contribution in [3.05, 3.63) is 137 Å². The monoisotopic (exact) mass is 871 g/mol. The van der Waals surface area contributed by atoms with E-state index in [1.54, 1.807) is 0 Å². The van der Waals surface area contributed by atoms with Crippen LogP contribution in [0.3, 0.4) is 0 Å². The molecule has 0 fully saturated rings. The number of para-hydroxylation sites is 2. The fraction of sp³-hybridized carbons (Fsp3) is 0.196. The van der Waals surface area contributed by atoms with E-state index in [-0.39, 0.29) is 26.5 Å². The van der Waals surface area contributed by atoms with Gasteiger partial charge in [0.15, 0.2) is 0 Å². The molecule has 0 atom stereocenters. The molecule has 0 aliphatic heterocycles. The molecule has 0 unspecified atom stereocenters. The average molecular weight is 872 g/mol. The zero-order chi connectivity index (χ0) is 36.1. The molecule has 5 aromatic heterocycles. The second-order valence-corrected chi connectivity index (χ2v) is 15.1. The van der Waals surface area contributed by atoms with Gasteiger partial charge in [0.05, 0.1) is 11.2 Å². The molecule has 0 saturated heterocycles. The molecule has 9 aromatic rings. The first-order valence-electron chi connectivity index (χ1n) is 17.9. The first-order chi connectivity index (χ1) is 25.0. The van der Waals surface area contributed by atoms with Crippen LogP contribution in [0.2, 0.25) is 0 Å². The number of pyridine rings is 2. The maximum atomic E-state index is 5.32. The minimum absolute atomic E-state index is 0. The number of benzene rings is 4. The van der Waals surface area contributed by atoms with Crippen molar-refractivity contribution in [1.82, 2.24) is 29.3 Å². The summed E-state index contributed by atoms with van der Waals surface area (Å²) in [5.41, 5.74) is 16.1. The van der Waals surface area contributed by atoms with Crippen LogP contribution >= 0.6 is 0 Å². The SMILES string of the molecule is Cc1c(C)c(C)c(-c2cc(-c3ccc4c5ccccc5n(-c5[c-]c6c(cc5)c5ccccc5n6-c5cc(C(C)(C)C)ccn5)c4n3)[n-]n2)c(C)c1C.[Pt+2]. The third-order valence-corrected chi connectivity index (χ3v) is 11.2. The fourth-order valence-corrected chi connectivity index (χ4v) is 7.91. The Morgan fingerprint density at radius 1 is 0.623 bits per heavy atom. The van der Waals surface area contributed by atoms with Crippen molar-refractivity contribution < 1.29 is 21.1 Å². The van der Waals surface area contributed by atoms with Crippen LogP contribution in [0.5, 0.6) is 0 Å². The van der Waals surface area contributed by atoms with Crippen LogP contribution < -0.4 is 5.10 Å². The number of aromatic nitrogens is 6. The third-order valence-electron chi connectivity index (χ3n) is 11.2. The Morgan fingerprint density at radius 3 is 1.94 bits per heavy atom. The van der Waals surface area contributed by atoms with E-state index in [4.69, 9.17) is 15.1 Å². The van der Waals surface area contributed by atoms with E-state index in [1.807, 2.05) is 6.20 Å². The van der Waals surface area contributed by atoms with Gasteiger partial charge in [0.2, 0.25) is 0 Å². The minimum Gasteiger partial charge on any atom is -0.573 e. The molecule has 0 amide bonds. The second-order valence-electron chi connectivity index (χ2n) is 15.1. The Balaban J connectivity index is 0.00000400. The zero-order valence-corrected chi connectivity index (χ0v) is 33.5. The van der Waals surface area contributed by atoms with Crippen molar-refractivity contribution in [3.8, 4) is 34.2 Å². The summed E-state index contributed by atoms with van der Waals surface area (Å²) in [6.07, 6.45) is 1.92. The van der Waals surface area contributed by atoms with Gasteiger partial charge in [-0.3, -0.25) is 0 Å². The van der Waals surface area contributed by atoms with E-state index in [1.165, 1.54) is 38.8 Å². The summed E-state index contributed by atoms with van der Waals surface area (Å²) in [5.74, 6) is 0.879. The predicted molar refractivity (Wildman–Crippen MR) is 214 cm³/mol. The van der Waals surface area contributed by atoms with Crippen molar-refractivity contribution in [1.29, 1.82) is 0 Å². The summed E-state index contributed by atoms with van der Waals surface area (Å²) in [4.78, 5) is 10.2. The first kappa shape index (κ1) is 34.7. The van der Waals surface area contributed by atoms with Gasteiger partial charge in [-0.25, -0.2) is 9.97 Å². The van der Waals surface area contributed by atoms with Crippen molar-refractivity contribution in [2.75, 3.05) is 0 Å². The fourth-order valence-electron chi connectivity index (χ4n) is 7.91. The van der Waals surface area contributed by atoms with Crippen molar-refractivity contribution >= 4 is 43.7 Å². The quantitative estimate of drug-likeness (QED) is 0.165. The van der Waals surface area contributed by atoms with Crippen molar-refractivity contribution in [3.63, 3.8) is 0 Å². The molecule has 264 valence electrons. The van der Waals surface area contributed by atoms with E-state index in [2.05, 4.69) is 167 Å². The predicted octanol–water partition coefficient (Wildman–Crippen LogP) is 11.0. The van der Waals surface area contributed by atoms with E-state index < -0.39 is 0 Å². The number of rotatable bonds is 4. The summed E-state index contributed by atoms with van der Waals surface area (Å²) in [7, 11) is 0. The maximum absolute atomic E-state index is 5.32. The molecule has 0 spiro atoms. The average Bonchev–Trinajstić information content (AvgIpc) is 3.85. The van der Waals surface area contributed by atoms with Gasteiger partial charge in [0, 0.05) is 33.7 Å². The molecule has 0 saturated carbocycles. The molecule has 0 aliphatic carbocycles. The molecule has 6 nitrogen and oxygen atoms in total. The van der Waals surface area contributed by atoms with E-state index in [9.17, 15) is 0 Å². The number of nitrogens with zero attached hydrogens (tertiary/aromatic N) is 6. The topological polar surface area (TPSA) is 62.6 Å². The van der Waals surface area contributed by atoms with Crippen LogP contribution in [0.4, 0.5) is 0 Å². The normalized spacial score (nSPS) is 12.0. The molecular formula is C46H40N6Pt. The van der Waals surface area contributed by atoms with Crippen LogP contribution in [-0.4, -0.2) is 24.2 Å². The minimum atomic E-state index is -0.0137. The summed E-state index contributed by atoms with van der Waals surface area (Å²) >= 11 is 0. The Morgan fingerprint density at radius 2 is 1.25 bits per heavy atom. The standard InChI is InChI=1S/C46H40N6.Pt/c1-26-27(2)29(4)44(30(5)28(26)3)39-25-38(49-50-39)37-20-19-36-34-14-10-11-15-40(34)51(45(36)48-37)32-17-18-35-33-13-9-12-16-41(33)52(42(35)24-32)43-23-31(21-22-47-43)46(6,7)8;/h9-23,25H,1-8H3;/q-2;+2. The van der Waals surface area contributed by atoms with E-state index >= 15 is 0 Å². The molecular weight excluding hydrogens is 832 g/mol. The van der Waals surface area contributed by atoms with Gasteiger partial charge >= 0.3 is 21.1 Å². The first-order valence-corrected chi connectivity index (χ1v) is 17.9. The zero-order valence-electron chi connectivity index (χ0n) is 31.2. The smallest absolute Gasteiger partial charge is 0.573 e. The summed E-state index contributed by atoms with van der Waals surface area (Å²) < 4.78 is 4.47. The largest absolute Gasteiger partial charge is 2.00 e. The second kappa shape index (κ2) is 12.7. The summed E-state index contributed by atoms with van der Waals surface area (Å²) in [6.45, 7) is 17.7. The van der Waals surface area contributed by atoms with E-state index in [0.717, 1.165) is 72.5 Å². The van der Waals surface area contributed by atoms with Gasteiger partial charge in [0.1, 0.15) is 11.5 Å². The molecule has 53 heavy (non-hydrogen) atoms. The molecule has 0 radical (unpaired) electrons. The van der Waals surface area contributed by atoms with E-state index in [0.29, 0.717) is 0 Å². The van der Waals surface area contributed by atoms with Gasteiger partial charge in [-0.15, -0.1) is 17.5 Å².